The third-order valence-corrected chi connectivity index (χ3v) is 3.92. The molecule has 0 rings (SSSR count). The first-order valence-electron chi connectivity index (χ1n) is 7.28. The van der Waals surface area contributed by atoms with Crippen LogP contribution in [0.5, 0.6) is 0 Å². The van der Waals surface area contributed by atoms with Crippen LogP contribution in [-0.4, -0.2) is 36.6 Å². The fourth-order valence-electron chi connectivity index (χ4n) is 2.05. The van der Waals surface area contributed by atoms with Crippen LogP contribution in [0.25, 0.3) is 0 Å². The molecule has 2 heteroatoms. The van der Waals surface area contributed by atoms with Crippen molar-refractivity contribution in [2.75, 3.05) is 20.1 Å². The van der Waals surface area contributed by atoms with Gasteiger partial charge in [-0.3, -0.25) is 4.90 Å². The Hall–Kier alpha value is -0.0800. The monoisotopic (exact) mass is 242 g/mol. The first-order chi connectivity index (χ1) is 7.85. The Kier molecular flexibility index (Phi) is 8.06. The maximum Gasteiger partial charge on any atom is 0.0222 e. The highest BCUT2D eigenvalue weighted by molar-refractivity contribution is 4.84. The Morgan fingerprint density at radius 3 is 2.12 bits per heavy atom. The molecule has 104 valence electrons. The predicted molar refractivity (Wildman–Crippen MR) is 78.5 cm³/mol. The highest BCUT2D eigenvalue weighted by Crippen LogP contribution is 2.21. The molecule has 0 bridgehead atoms. The summed E-state index contributed by atoms with van der Waals surface area (Å²) >= 11 is 0. The minimum Gasteiger partial charge on any atom is -0.315 e. The van der Waals surface area contributed by atoms with Gasteiger partial charge in [0.25, 0.3) is 0 Å². The van der Waals surface area contributed by atoms with Gasteiger partial charge in [0, 0.05) is 18.1 Å². The Bertz CT molecular complexity index is 187. The Labute approximate surface area is 109 Å². The van der Waals surface area contributed by atoms with Crippen molar-refractivity contribution in [3.05, 3.63) is 0 Å². The average Bonchev–Trinajstić information content (AvgIpc) is 2.26. The van der Waals surface area contributed by atoms with E-state index in [4.69, 9.17) is 0 Å². The summed E-state index contributed by atoms with van der Waals surface area (Å²) < 4.78 is 0. The molecule has 0 aromatic rings. The molecule has 0 aliphatic heterocycles. The zero-order valence-corrected chi connectivity index (χ0v) is 13.1. The third-order valence-electron chi connectivity index (χ3n) is 3.92. The molecule has 0 amide bonds. The van der Waals surface area contributed by atoms with E-state index in [0.29, 0.717) is 11.6 Å². The second-order valence-corrected chi connectivity index (χ2v) is 6.27. The molecule has 0 spiro atoms. The molecule has 0 saturated carbocycles. The lowest BCUT2D eigenvalue weighted by atomic mass is 9.96. The zero-order valence-electron chi connectivity index (χ0n) is 13.1. The Morgan fingerprint density at radius 2 is 1.71 bits per heavy atom. The number of hydrogen-bond acceptors (Lipinski definition) is 2. The SMILES string of the molecule is CCCC(CNCC(C)C)N(C)C(C)(C)CC. The molecular weight excluding hydrogens is 208 g/mol. The molecule has 0 heterocycles. The maximum absolute atomic E-state index is 3.61. The van der Waals surface area contributed by atoms with Crippen LogP contribution < -0.4 is 5.32 Å². The summed E-state index contributed by atoms with van der Waals surface area (Å²) in [5.74, 6) is 0.738. The van der Waals surface area contributed by atoms with Gasteiger partial charge in [0.2, 0.25) is 0 Å². The standard InChI is InChI=1S/C15H34N2/c1-8-10-14(12-16-11-13(3)4)17(7)15(5,6)9-2/h13-14,16H,8-12H2,1-7H3. The molecule has 1 unspecified atom stereocenters. The molecule has 0 aromatic heterocycles. The molecule has 0 radical (unpaired) electrons. The van der Waals surface area contributed by atoms with Crippen LogP contribution in [0.2, 0.25) is 0 Å². The summed E-state index contributed by atoms with van der Waals surface area (Å²) in [5.41, 5.74) is 0.305. The van der Waals surface area contributed by atoms with Crippen molar-refractivity contribution in [2.24, 2.45) is 5.92 Å². The van der Waals surface area contributed by atoms with Crippen molar-refractivity contribution < 1.29 is 0 Å². The van der Waals surface area contributed by atoms with Crippen molar-refractivity contribution in [1.29, 1.82) is 0 Å². The second-order valence-electron chi connectivity index (χ2n) is 6.27. The van der Waals surface area contributed by atoms with Crippen LogP contribution >= 0.6 is 0 Å². The number of nitrogens with one attached hydrogen (secondary N) is 1. The summed E-state index contributed by atoms with van der Waals surface area (Å²) in [7, 11) is 2.28. The summed E-state index contributed by atoms with van der Waals surface area (Å²) in [4.78, 5) is 2.56. The van der Waals surface area contributed by atoms with E-state index < -0.39 is 0 Å². The first kappa shape index (κ1) is 16.9. The van der Waals surface area contributed by atoms with E-state index in [-0.39, 0.29) is 0 Å². The number of nitrogens with zero attached hydrogens (tertiary/aromatic N) is 1. The lowest BCUT2D eigenvalue weighted by Gasteiger charge is -2.41. The second kappa shape index (κ2) is 8.10. The fourth-order valence-corrected chi connectivity index (χ4v) is 2.05. The lowest BCUT2D eigenvalue weighted by molar-refractivity contribution is 0.0900. The van der Waals surface area contributed by atoms with Crippen molar-refractivity contribution in [3.8, 4) is 0 Å². The molecule has 1 atom stereocenters. The molecule has 2 nitrogen and oxygen atoms in total. The largest absolute Gasteiger partial charge is 0.315 e. The summed E-state index contributed by atoms with van der Waals surface area (Å²) in [6.45, 7) is 16.0. The Morgan fingerprint density at radius 1 is 1.12 bits per heavy atom. The number of hydrogen-bond donors (Lipinski definition) is 1. The van der Waals surface area contributed by atoms with Crippen molar-refractivity contribution in [1.82, 2.24) is 10.2 Å². The van der Waals surface area contributed by atoms with Crippen LogP contribution in [0, 0.1) is 5.92 Å². The summed E-state index contributed by atoms with van der Waals surface area (Å²) in [6, 6.07) is 0.661. The van der Waals surface area contributed by atoms with Gasteiger partial charge in [-0.2, -0.15) is 0 Å². The van der Waals surface area contributed by atoms with Crippen LogP contribution in [0.1, 0.15) is 60.8 Å². The van der Waals surface area contributed by atoms with Crippen molar-refractivity contribution >= 4 is 0 Å². The normalized spacial score (nSPS) is 14.6. The van der Waals surface area contributed by atoms with Gasteiger partial charge in [-0.25, -0.2) is 0 Å². The van der Waals surface area contributed by atoms with Crippen molar-refractivity contribution in [3.63, 3.8) is 0 Å². The van der Waals surface area contributed by atoms with E-state index in [1.165, 1.54) is 19.3 Å². The van der Waals surface area contributed by atoms with E-state index >= 15 is 0 Å². The molecule has 0 aromatic carbocycles. The fraction of sp³-hybridized carbons (Fsp3) is 1.00. The molecule has 0 saturated heterocycles. The summed E-state index contributed by atoms with van der Waals surface area (Å²) in [5, 5.41) is 3.61. The minimum absolute atomic E-state index is 0.305. The van der Waals surface area contributed by atoms with E-state index in [9.17, 15) is 0 Å². The quantitative estimate of drug-likeness (QED) is 0.665. The molecule has 17 heavy (non-hydrogen) atoms. The van der Waals surface area contributed by atoms with Gasteiger partial charge < -0.3 is 5.32 Å². The van der Waals surface area contributed by atoms with Gasteiger partial charge in [-0.05, 0) is 46.2 Å². The number of likely N-dealkylation sites (N-methyl/N-ethyl adjacent to an activating group) is 1. The van der Waals surface area contributed by atoms with E-state index in [1.807, 2.05) is 0 Å². The van der Waals surface area contributed by atoms with Gasteiger partial charge in [-0.1, -0.05) is 34.1 Å². The van der Waals surface area contributed by atoms with E-state index in [2.05, 4.69) is 58.8 Å². The average molecular weight is 242 g/mol. The van der Waals surface area contributed by atoms with Crippen LogP contribution in [0.15, 0.2) is 0 Å². The topological polar surface area (TPSA) is 15.3 Å². The zero-order chi connectivity index (χ0) is 13.5. The first-order valence-corrected chi connectivity index (χ1v) is 7.28. The highest BCUT2D eigenvalue weighted by atomic mass is 15.2. The van der Waals surface area contributed by atoms with Gasteiger partial charge in [0.1, 0.15) is 0 Å². The maximum atomic E-state index is 3.61. The summed E-state index contributed by atoms with van der Waals surface area (Å²) in [6.07, 6.45) is 3.75. The van der Waals surface area contributed by atoms with Gasteiger partial charge >= 0.3 is 0 Å². The number of rotatable bonds is 9. The van der Waals surface area contributed by atoms with E-state index in [0.717, 1.165) is 19.0 Å². The molecule has 0 aliphatic rings. The smallest absolute Gasteiger partial charge is 0.0222 e. The highest BCUT2D eigenvalue weighted by Gasteiger charge is 2.26. The molecule has 1 N–H and O–H groups in total. The lowest BCUT2D eigenvalue weighted by Crippen LogP contribution is -2.51. The Balaban J connectivity index is 4.30. The van der Waals surface area contributed by atoms with E-state index in [1.54, 1.807) is 0 Å². The van der Waals surface area contributed by atoms with Crippen LogP contribution in [0.3, 0.4) is 0 Å². The molecule has 0 fully saturated rings. The third kappa shape index (κ3) is 6.42. The molecular formula is C15H34N2. The van der Waals surface area contributed by atoms with Crippen LogP contribution in [-0.2, 0) is 0 Å². The van der Waals surface area contributed by atoms with Crippen molar-refractivity contribution in [2.45, 2.75) is 72.4 Å². The molecule has 0 aliphatic carbocycles. The van der Waals surface area contributed by atoms with Gasteiger partial charge in [0.15, 0.2) is 0 Å². The van der Waals surface area contributed by atoms with Gasteiger partial charge in [0.05, 0.1) is 0 Å². The van der Waals surface area contributed by atoms with Gasteiger partial charge in [-0.15, -0.1) is 0 Å². The predicted octanol–water partition coefficient (Wildman–Crippen LogP) is 3.52. The minimum atomic E-state index is 0.305. The van der Waals surface area contributed by atoms with Crippen LogP contribution in [0.4, 0.5) is 0 Å².